The van der Waals surface area contributed by atoms with Crippen LogP contribution >= 0.6 is 0 Å². The van der Waals surface area contributed by atoms with Crippen LogP contribution in [0.3, 0.4) is 0 Å². The van der Waals surface area contributed by atoms with E-state index >= 15 is 0 Å². The molecule has 1 aromatic rings. The number of ether oxygens (including phenoxy) is 2. The first-order valence-electron chi connectivity index (χ1n) is 6.90. The Morgan fingerprint density at radius 1 is 1.21 bits per heavy atom. The van der Waals surface area contributed by atoms with Crippen LogP contribution < -0.4 is 4.74 Å². The van der Waals surface area contributed by atoms with E-state index in [-0.39, 0.29) is 11.4 Å². The lowest BCUT2D eigenvalue weighted by molar-refractivity contribution is -0.140. The molecule has 0 aliphatic carbocycles. The fraction of sp³-hybridized carbons (Fsp3) is 0.625. The number of rotatable bonds is 5. The number of hydrogen-bond acceptors (Lipinski definition) is 3. The summed E-state index contributed by atoms with van der Waals surface area (Å²) in [6.07, 6.45) is 0.642. The monoisotopic (exact) mass is 266 g/mol. The molecule has 19 heavy (non-hydrogen) atoms. The molecule has 0 saturated heterocycles. The number of hydrogen-bond donors (Lipinski definition) is 1. The molecule has 2 unspecified atom stereocenters. The molecule has 0 amide bonds. The highest BCUT2D eigenvalue weighted by molar-refractivity contribution is 5.42. The van der Waals surface area contributed by atoms with Gasteiger partial charge in [-0.3, -0.25) is 0 Å². The van der Waals surface area contributed by atoms with Crippen LogP contribution in [0.5, 0.6) is 11.5 Å². The van der Waals surface area contributed by atoms with Crippen LogP contribution in [0.2, 0.25) is 0 Å². The molecular weight excluding hydrogens is 240 g/mol. The van der Waals surface area contributed by atoms with Crippen LogP contribution in [-0.4, -0.2) is 17.0 Å². The van der Waals surface area contributed by atoms with Crippen molar-refractivity contribution >= 4 is 0 Å². The van der Waals surface area contributed by atoms with Gasteiger partial charge in [0, 0.05) is 0 Å². The Morgan fingerprint density at radius 3 is 2.32 bits per heavy atom. The zero-order chi connectivity index (χ0) is 14.6. The van der Waals surface area contributed by atoms with Gasteiger partial charge in [-0.1, -0.05) is 19.9 Å². The maximum atomic E-state index is 10.0. The fourth-order valence-corrected chi connectivity index (χ4v) is 1.88. The smallest absolute Gasteiger partial charge is 0.197 e. The summed E-state index contributed by atoms with van der Waals surface area (Å²) < 4.78 is 11.3. The van der Waals surface area contributed by atoms with Gasteiger partial charge in [-0.05, 0) is 57.7 Å². The van der Waals surface area contributed by atoms with Crippen molar-refractivity contribution in [2.45, 2.75) is 65.8 Å². The molecule has 0 aliphatic heterocycles. The second-order valence-electron chi connectivity index (χ2n) is 5.95. The standard InChI is InChI=1S/C16H26O3/c1-7-11(2)13-8-9-15(14(17)10-13)18-12(3)19-16(4,5)6/h8-12,17H,7H2,1-6H3. The summed E-state index contributed by atoms with van der Waals surface area (Å²) in [7, 11) is 0. The summed E-state index contributed by atoms with van der Waals surface area (Å²) in [6, 6.07) is 5.57. The summed E-state index contributed by atoms with van der Waals surface area (Å²) in [5.41, 5.74) is 0.850. The first-order valence-corrected chi connectivity index (χ1v) is 6.90. The van der Waals surface area contributed by atoms with Gasteiger partial charge in [0.2, 0.25) is 0 Å². The lowest BCUT2D eigenvalue weighted by atomic mass is 9.98. The molecule has 0 heterocycles. The van der Waals surface area contributed by atoms with E-state index < -0.39 is 6.29 Å². The van der Waals surface area contributed by atoms with Crippen LogP contribution in [0.25, 0.3) is 0 Å². The second kappa shape index (κ2) is 6.29. The van der Waals surface area contributed by atoms with Crippen LogP contribution in [-0.2, 0) is 4.74 Å². The van der Waals surface area contributed by atoms with Crippen LogP contribution in [0.4, 0.5) is 0 Å². The van der Waals surface area contributed by atoms with E-state index in [2.05, 4.69) is 13.8 Å². The summed E-state index contributed by atoms with van der Waals surface area (Å²) >= 11 is 0. The Morgan fingerprint density at radius 2 is 1.84 bits per heavy atom. The molecule has 2 atom stereocenters. The van der Waals surface area contributed by atoms with Crippen molar-refractivity contribution in [3.63, 3.8) is 0 Å². The number of aromatic hydroxyl groups is 1. The predicted octanol–water partition coefficient (Wildman–Crippen LogP) is 4.45. The largest absolute Gasteiger partial charge is 0.504 e. The molecule has 0 saturated carbocycles. The van der Waals surface area contributed by atoms with Gasteiger partial charge in [-0.2, -0.15) is 0 Å². The molecule has 1 aromatic carbocycles. The summed E-state index contributed by atoms with van der Waals surface area (Å²) in [6.45, 7) is 12.0. The van der Waals surface area contributed by atoms with Crippen molar-refractivity contribution in [3.05, 3.63) is 23.8 Å². The van der Waals surface area contributed by atoms with Crippen molar-refractivity contribution in [1.82, 2.24) is 0 Å². The average molecular weight is 266 g/mol. The fourth-order valence-electron chi connectivity index (χ4n) is 1.88. The Balaban J connectivity index is 2.75. The third kappa shape index (κ3) is 5.11. The quantitative estimate of drug-likeness (QED) is 0.800. The molecule has 1 N–H and O–H groups in total. The van der Waals surface area contributed by atoms with E-state index in [1.165, 1.54) is 0 Å². The third-order valence-corrected chi connectivity index (χ3v) is 2.98. The first-order chi connectivity index (χ1) is 8.73. The summed E-state index contributed by atoms with van der Waals surface area (Å²) in [5.74, 6) is 1.06. The van der Waals surface area contributed by atoms with Crippen molar-refractivity contribution in [3.8, 4) is 11.5 Å². The Bertz CT molecular complexity index is 407. The van der Waals surface area contributed by atoms with Crippen molar-refractivity contribution < 1.29 is 14.6 Å². The van der Waals surface area contributed by atoms with Crippen molar-refractivity contribution in [1.29, 1.82) is 0 Å². The molecule has 0 aromatic heterocycles. The minimum absolute atomic E-state index is 0.169. The first kappa shape index (κ1) is 15.8. The maximum absolute atomic E-state index is 10.0. The van der Waals surface area contributed by atoms with Crippen molar-refractivity contribution in [2.75, 3.05) is 0 Å². The SMILES string of the molecule is CCC(C)c1ccc(OC(C)OC(C)(C)C)c(O)c1. The molecule has 1 rings (SSSR count). The molecule has 108 valence electrons. The molecule has 0 fully saturated rings. The van der Waals surface area contributed by atoms with Gasteiger partial charge in [0.05, 0.1) is 5.60 Å². The van der Waals surface area contributed by atoms with Gasteiger partial charge < -0.3 is 14.6 Å². The van der Waals surface area contributed by atoms with E-state index in [0.29, 0.717) is 11.7 Å². The Hall–Kier alpha value is -1.22. The van der Waals surface area contributed by atoms with Crippen molar-refractivity contribution in [2.24, 2.45) is 0 Å². The Labute approximate surface area is 116 Å². The molecule has 3 nitrogen and oxygen atoms in total. The molecule has 0 bridgehead atoms. The third-order valence-electron chi connectivity index (χ3n) is 2.98. The Kier molecular flexibility index (Phi) is 5.24. The molecule has 0 radical (unpaired) electrons. The van der Waals surface area contributed by atoms with Gasteiger partial charge in [0.15, 0.2) is 17.8 Å². The highest BCUT2D eigenvalue weighted by atomic mass is 16.7. The van der Waals surface area contributed by atoms with Gasteiger partial charge in [-0.15, -0.1) is 0 Å². The normalized spacial score (nSPS) is 15.1. The zero-order valence-electron chi connectivity index (χ0n) is 12.9. The predicted molar refractivity (Wildman–Crippen MR) is 77.7 cm³/mol. The van der Waals surface area contributed by atoms with Gasteiger partial charge in [0.25, 0.3) is 0 Å². The van der Waals surface area contributed by atoms with Gasteiger partial charge >= 0.3 is 0 Å². The highest BCUT2D eigenvalue weighted by Crippen LogP contribution is 2.32. The molecule has 0 aliphatic rings. The van der Waals surface area contributed by atoms with E-state index in [1.807, 2.05) is 33.8 Å². The topological polar surface area (TPSA) is 38.7 Å². The molecule has 3 heteroatoms. The molecule has 0 spiro atoms. The van der Waals surface area contributed by atoms with E-state index in [9.17, 15) is 5.11 Å². The lowest BCUT2D eigenvalue weighted by Gasteiger charge is -2.25. The van der Waals surface area contributed by atoms with Crippen LogP contribution in [0, 0.1) is 0 Å². The van der Waals surface area contributed by atoms with E-state index in [4.69, 9.17) is 9.47 Å². The minimum atomic E-state index is -0.402. The van der Waals surface area contributed by atoms with Crippen LogP contribution in [0.1, 0.15) is 59.4 Å². The highest BCUT2D eigenvalue weighted by Gasteiger charge is 2.17. The van der Waals surface area contributed by atoms with Crippen LogP contribution in [0.15, 0.2) is 18.2 Å². The average Bonchev–Trinajstić information content (AvgIpc) is 2.28. The zero-order valence-corrected chi connectivity index (χ0v) is 12.9. The maximum Gasteiger partial charge on any atom is 0.197 e. The number of benzene rings is 1. The summed E-state index contributed by atoms with van der Waals surface area (Å²) in [4.78, 5) is 0. The lowest BCUT2D eigenvalue weighted by Crippen LogP contribution is -2.29. The summed E-state index contributed by atoms with van der Waals surface area (Å²) in [5, 5.41) is 10.0. The van der Waals surface area contributed by atoms with Gasteiger partial charge in [-0.25, -0.2) is 0 Å². The van der Waals surface area contributed by atoms with Gasteiger partial charge in [0.1, 0.15) is 0 Å². The van der Waals surface area contributed by atoms with E-state index in [1.54, 1.807) is 12.1 Å². The number of phenolic OH excluding ortho intramolecular Hbond substituents is 1. The number of phenols is 1. The molecular formula is C16H26O3. The second-order valence-corrected chi connectivity index (χ2v) is 5.95. The minimum Gasteiger partial charge on any atom is -0.504 e. The van der Waals surface area contributed by atoms with E-state index in [0.717, 1.165) is 12.0 Å².